The van der Waals surface area contributed by atoms with Crippen molar-refractivity contribution in [1.29, 1.82) is 0 Å². The van der Waals surface area contributed by atoms with E-state index in [1.807, 2.05) is 30.3 Å². The van der Waals surface area contributed by atoms with Crippen LogP contribution in [-0.2, 0) is 4.79 Å². The first kappa shape index (κ1) is 9.64. The van der Waals surface area contributed by atoms with Gasteiger partial charge >= 0.3 is 0 Å². The minimum Gasteiger partial charge on any atom is -0.287 e. The van der Waals surface area contributed by atoms with Gasteiger partial charge in [0, 0.05) is 9.81 Å². The van der Waals surface area contributed by atoms with E-state index in [4.69, 9.17) is 5.53 Å². The van der Waals surface area contributed by atoms with Crippen LogP contribution in [0, 0.1) is 0 Å². The molecule has 0 atom stereocenters. The molecule has 0 aliphatic carbocycles. The zero-order valence-corrected chi connectivity index (χ0v) is 7.57. The lowest BCUT2D eigenvalue weighted by Crippen LogP contribution is -1.94. The van der Waals surface area contributed by atoms with E-state index in [0.717, 1.165) is 16.7 Å². The zero-order chi connectivity index (χ0) is 9.52. The maximum absolute atomic E-state index is 11.1. The Hall–Kier alpha value is -1.45. The standard InChI is InChI=1S/C8H7N3OS/c9-11-10-6-8(12)13-7-4-2-1-3-5-7/h1-5H,6H2. The van der Waals surface area contributed by atoms with E-state index >= 15 is 0 Å². The molecule has 0 amide bonds. The summed E-state index contributed by atoms with van der Waals surface area (Å²) in [5.74, 6) is 0. The Balaban J connectivity index is 2.50. The number of nitrogens with zero attached hydrogens (tertiary/aromatic N) is 3. The molecule has 0 saturated heterocycles. The van der Waals surface area contributed by atoms with E-state index in [2.05, 4.69) is 10.0 Å². The summed E-state index contributed by atoms with van der Waals surface area (Å²) in [7, 11) is 0. The Morgan fingerprint density at radius 1 is 1.46 bits per heavy atom. The normalized spacial score (nSPS) is 8.92. The summed E-state index contributed by atoms with van der Waals surface area (Å²) < 4.78 is 0. The van der Waals surface area contributed by atoms with Crippen molar-refractivity contribution in [2.75, 3.05) is 6.54 Å². The molecule has 0 aliphatic rings. The zero-order valence-electron chi connectivity index (χ0n) is 6.75. The fourth-order valence-electron chi connectivity index (χ4n) is 0.742. The van der Waals surface area contributed by atoms with E-state index < -0.39 is 0 Å². The molecule has 0 radical (unpaired) electrons. The van der Waals surface area contributed by atoms with Crippen molar-refractivity contribution in [2.24, 2.45) is 5.11 Å². The van der Waals surface area contributed by atoms with Gasteiger partial charge in [-0.2, -0.15) is 0 Å². The quantitative estimate of drug-likeness (QED) is 0.320. The van der Waals surface area contributed by atoms with Gasteiger partial charge < -0.3 is 0 Å². The maximum atomic E-state index is 11.1. The minimum atomic E-state index is -0.149. The van der Waals surface area contributed by atoms with Crippen molar-refractivity contribution in [2.45, 2.75) is 4.90 Å². The van der Waals surface area contributed by atoms with E-state index in [-0.39, 0.29) is 11.7 Å². The van der Waals surface area contributed by atoms with Gasteiger partial charge in [0.2, 0.25) is 0 Å². The fourth-order valence-corrected chi connectivity index (χ4v) is 1.42. The number of hydrogen-bond donors (Lipinski definition) is 0. The molecule has 0 fully saturated rings. The summed E-state index contributed by atoms with van der Waals surface area (Å²) in [6, 6.07) is 9.24. The molecule has 0 unspecified atom stereocenters. The lowest BCUT2D eigenvalue weighted by molar-refractivity contribution is -0.109. The number of carbonyl (C=O) groups is 1. The van der Waals surface area contributed by atoms with Crippen molar-refractivity contribution in [3.05, 3.63) is 40.8 Å². The molecule has 0 bridgehead atoms. The summed E-state index contributed by atoms with van der Waals surface area (Å²) >= 11 is 1.08. The maximum Gasteiger partial charge on any atom is 0.199 e. The van der Waals surface area contributed by atoms with Crippen LogP contribution in [0.2, 0.25) is 0 Å². The van der Waals surface area contributed by atoms with Crippen molar-refractivity contribution >= 4 is 16.9 Å². The molecular formula is C8H7N3OS. The fraction of sp³-hybridized carbons (Fsp3) is 0.125. The van der Waals surface area contributed by atoms with Gasteiger partial charge in [0.1, 0.15) is 0 Å². The van der Waals surface area contributed by atoms with Crippen molar-refractivity contribution < 1.29 is 4.79 Å². The highest BCUT2D eigenvalue weighted by Crippen LogP contribution is 2.17. The number of benzene rings is 1. The molecule has 0 N–H and O–H groups in total. The van der Waals surface area contributed by atoms with E-state index in [9.17, 15) is 4.79 Å². The lowest BCUT2D eigenvalue weighted by Gasteiger charge is -1.95. The highest BCUT2D eigenvalue weighted by atomic mass is 32.2. The van der Waals surface area contributed by atoms with Gasteiger partial charge in [0.25, 0.3) is 0 Å². The molecule has 0 saturated carbocycles. The molecule has 1 aromatic carbocycles. The van der Waals surface area contributed by atoms with Gasteiger partial charge in [-0.25, -0.2) is 0 Å². The van der Waals surface area contributed by atoms with Crippen LogP contribution < -0.4 is 0 Å². The molecule has 0 aliphatic heterocycles. The summed E-state index contributed by atoms with van der Waals surface area (Å²) in [5.41, 5.74) is 7.98. The predicted molar refractivity (Wildman–Crippen MR) is 51.3 cm³/mol. The van der Waals surface area contributed by atoms with Crippen LogP contribution in [0.25, 0.3) is 10.4 Å². The minimum absolute atomic E-state index is 0.101. The Morgan fingerprint density at radius 3 is 2.77 bits per heavy atom. The molecule has 0 aromatic heterocycles. The third-order valence-electron chi connectivity index (χ3n) is 1.24. The molecule has 1 aromatic rings. The molecule has 0 heterocycles. The van der Waals surface area contributed by atoms with Crippen LogP contribution >= 0.6 is 11.8 Å². The van der Waals surface area contributed by atoms with Crippen LogP contribution in [0.5, 0.6) is 0 Å². The van der Waals surface area contributed by atoms with E-state index in [1.54, 1.807) is 0 Å². The van der Waals surface area contributed by atoms with Crippen LogP contribution in [0.15, 0.2) is 40.3 Å². The van der Waals surface area contributed by atoms with Gasteiger partial charge in [-0.1, -0.05) is 35.1 Å². The highest BCUT2D eigenvalue weighted by Gasteiger charge is 2.01. The van der Waals surface area contributed by atoms with Crippen LogP contribution in [0.4, 0.5) is 0 Å². The topological polar surface area (TPSA) is 65.8 Å². The molecule has 66 valence electrons. The first-order chi connectivity index (χ1) is 6.33. The smallest absolute Gasteiger partial charge is 0.199 e. The van der Waals surface area contributed by atoms with Gasteiger partial charge in [-0.15, -0.1) is 0 Å². The largest absolute Gasteiger partial charge is 0.287 e. The molecule has 4 nitrogen and oxygen atoms in total. The molecule has 13 heavy (non-hydrogen) atoms. The molecule has 1 rings (SSSR count). The van der Waals surface area contributed by atoms with E-state index in [0.29, 0.717) is 0 Å². The second-order valence-electron chi connectivity index (χ2n) is 2.18. The number of carbonyl (C=O) groups excluding carboxylic acids is 1. The van der Waals surface area contributed by atoms with Gasteiger partial charge in [0.15, 0.2) is 5.12 Å². The van der Waals surface area contributed by atoms with Crippen LogP contribution in [-0.4, -0.2) is 11.7 Å². The van der Waals surface area contributed by atoms with Crippen molar-refractivity contribution in [3.8, 4) is 0 Å². The second-order valence-corrected chi connectivity index (χ2v) is 3.31. The van der Waals surface area contributed by atoms with Gasteiger partial charge in [0.05, 0.1) is 6.54 Å². The highest BCUT2D eigenvalue weighted by molar-refractivity contribution is 8.13. The molecule has 0 spiro atoms. The Labute approximate surface area is 79.6 Å². The number of hydrogen-bond acceptors (Lipinski definition) is 3. The average Bonchev–Trinajstić information content (AvgIpc) is 2.16. The summed E-state index contributed by atoms with van der Waals surface area (Å²) in [6.45, 7) is -0.101. The van der Waals surface area contributed by atoms with Crippen LogP contribution in [0.1, 0.15) is 0 Å². The number of rotatable bonds is 3. The third-order valence-corrected chi connectivity index (χ3v) is 2.10. The SMILES string of the molecule is [N-]=[N+]=NCC(=O)Sc1ccccc1. The van der Waals surface area contributed by atoms with Crippen LogP contribution in [0.3, 0.4) is 0 Å². The third kappa shape index (κ3) is 3.64. The summed E-state index contributed by atoms with van der Waals surface area (Å²) in [5, 5.41) is 3.03. The predicted octanol–water partition coefficient (Wildman–Crippen LogP) is 2.62. The summed E-state index contributed by atoms with van der Waals surface area (Å²) in [4.78, 5) is 14.4. The summed E-state index contributed by atoms with van der Waals surface area (Å²) in [6.07, 6.45) is 0. The first-order valence-corrected chi connectivity index (χ1v) is 4.41. The van der Waals surface area contributed by atoms with E-state index in [1.165, 1.54) is 0 Å². The Kier molecular flexibility index (Phi) is 3.88. The lowest BCUT2D eigenvalue weighted by atomic mass is 10.4. The first-order valence-electron chi connectivity index (χ1n) is 3.59. The monoisotopic (exact) mass is 193 g/mol. The molecule has 5 heteroatoms. The Bertz CT molecular complexity index is 333. The molecular weight excluding hydrogens is 186 g/mol. The Morgan fingerprint density at radius 2 is 2.15 bits per heavy atom. The van der Waals surface area contributed by atoms with Crippen molar-refractivity contribution in [3.63, 3.8) is 0 Å². The average molecular weight is 193 g/mol. The number of azide groups is 1. The van der Waals surface area contributed by atoms with Gasteiger partial charge in [-0.05, 0) is 17.7 Å². The number of thioether (sulfide) groups is 1. The van der Waals surface area contributed by atoms with Gasteiger partial charge in [-0.3, -0.25) is 4.79 Å². The van der Waals surface area contributed by atoms with Crippen molar-refractivity contribution in [1.82, 2.24) is 0 Å². The second kappa shape index (κ2) is 5.24.